The van der Waals surface area contributed by atoms with Gasteiger partial charge >= 0.3 is 0 Å². The molecular weight excluding hydrogens is 270 g/mol. The first kappa shape index (κ1) is 12.9. The zero-order valence-corrected chi connectivity index (χ0v) is 11.2. The molecule has 0 aliphatic heterocycles. The van der Waals surface area contributed by atoms with E-state index in [-0.39, 0.29) is 5.69 Å². The summed E-state index contributed by atoms with van der Waals surface area (Å²) in [6.07, 6.45) is 1.86. The van der Waals surface area contributed by atoms with Gasteiger partial charge < -0.3 is 0 Å². The van der Waals surface area contributed by atoms with Crippen LogP contribution in [0.5, 0.6) is 0 Å². The number of hydrogen-bond acceptors (Lipinski definition) is 5. The maximum absolute atomic E-state index is 10.6. The molecule has 3 aromatic rings. The molecule has 0 atom stereocenters. The Kier molecular flexibility index (Phi) is 3.15. The van der Waals surface area contributed by atoms with Crippen molar-refractivity contribution in [3.8, 4) is 0 Å². The van der Waals surface area contributed by atoms with Gasteiger partial charge in [-0.15, -0.1) is 10.2 Å². The highest BCUT2D eigenvalue weighted by molar-refractivity contribution is 5.52. The van der Waals surface area contributed by atoms with Gasteiger partial charge in [0.25, 0.3) is 5.69 Å². The molecule has 2 heterocycles. The van der Waals surface area contributed by atoms with Crippen LogP contribution in [0.1, 0.15) is 5.69 Å². The number of imidazole rings is 1. The SMILES string of the molecule is Cc1nc2ccccn2c1N=Nc1ccc([N+](=O)[O-])cc1. The summed E-state index contributed by atoms with van der Waals surface area (Å²) in [5.74, 6) is 0.643. The third-order valence-electron chi connectivity index (χ3n) is 2.99. The van der Waals surface area contributed by atoms with E-state index < -0.39 is 4.92 Å². The number of azo groups is 1. The molecule has 3 rings (SSSR count). The first-order valence-corrected chi connectivity index (χ1v) is 6.25. The fraction of sp³-hybridized carbons (Fsp3) is 0.0714. The Morgan fingerprint density at radius 2 is 1.90 bits per heavy atom. The zero-order chi connectivity index (χ0) is 14.8. The van der Waals surface area contributed by atoms with Crippen LogP contribution in [-0.2, 0) is 0 Å². The second-order valence-electron chi connectivity index (χ2n) is 4.42. The van der Waals surface area contributed by atoms with Gasteiger partial charge in [0.05, 0.1) is 16.3 Å². The van der Waals surface area contributed by atoms with Gasteiger partial charge in [-0.05, 0) is 31.2 Å². The van der Waals surface area contributed by atoms with E-state index >= 15 is 0 Å². The van der Waals surface area contributed by atoms with Crippen LogP contribution >= 0.6 is 0 Å². The van der Waals surface area contributed by atoms with E-state index in [9.17, 15) is 10.1 Å². The lowest BCUT2D eigenvalue weighted by Crippen LogP contribution is -1.85. The number of rotatable bonds is 3. The predicted molar refractivity (Wildman–Crippen MR) is 77.2 cm³/mol. The van der Waals surface area contributed by atoms with Crippen molar-refractivity contribution in [1.82, 2.24) is 9.38 Å². The predicted octanol–water partition coefficient (Wildman–Crippen LogP) is 3.97. The van der Waals surface area contributed by atoms with Crippen LogP contribution in [0.15, 0.2) is 58.9 Å². The highest BCUT2D eigenvalue weighted by Crippen LogP contribution is 2.24. The first-order valence-electron chi connectivity index (χ1n) is 6.25. The van der Waals surface area contributed by atoms with Crippen molar-refractivity contribution in [1.29, 1.82) is 0 Å². The summed E-state index contributed by atoms with van der Waals surface area (Å²) in [6.45, 7) is 1.86. The quantitative estimate of drug-likeness (QED) is 0.413. The van der Waals surface area contributed by atoms with Crippen LogP contribution in [0, 0.1) is 17.0 Å². The molecule has 7 nitrogen and oxygen atoms in total. The second-order valence-corrected chi connectivity index (χ2v) is 4.42. The molecule has 104 valence electrons. The normalized spacial score (nSPS) is 11.3. The molecule has 0 amide bonds. The summed E-state index contributed by atoms with van der Waals surface area (Å²) in [4.78, 5) is 14.5. The molecule has 0 saturated carbocycles. The minimum absolute atomic E-state index is 0.0277. The Morgan fingerprint density at radius 1 is 1.14 bits per heavy atom. The molecule has 0 N–H and O–H groups in total. The van der Waals surface area contributed by atoms with E-state index in [2.05, 4.69) is 15.2 Å². The van der Waals surface area contributed by atoms with Crippen LogP contribution in [0.3, 0.4) is 0 Å². The molecule has 0 unspecified atom stereocenters. The number of fused-ring (bicyclic) bond motifs is 1. The maximum atomic E-state index is 10.6. The van der Waals surface area contributed by atoms with Gasteiger partial charge in [-0.2, -0.15) is 0 Å². The van der Waals surface area contributed by atoms with Crippen molar-refractivity contribution < 1.29 is 4.92 Å². The molecule has 1 aromatic carbocycles. The van der Waals surface area contributed by atoms with Crippen LogP contribution in [0.2, 0.25) is 0 Å². The molecule has 0 radical (unpaired) electrons. The Hall–Kier alpha value is -3.09. The fourth-order valence-electron chi connectivity index (χ4n) is 1.97. The average Bonchev–Trinajstić information content (AvgIpc) is 2.81. The van der Waals surface area contributed by atoms with Gasteiger partial charge in [0.2, 0.25) is 0 Å². The molecule has 2 aromatic heterocycles. The summed E-state index contributed by atoms with van der Waals surface area (Å²) in [5, 5.41) is 18.9. The first-order chi connectivity index (χ1) is 10.1. The summed E-state index contributed by atoms with van der Waals surface area (Å²) in [7, 11) is 0. The van der Waals surface area contributed by atoms with Gasteiger partial charge in [-0.25, -0.2) is 4.98 Å². The zero-order valence-electron chi connectivity index (χ0n) is 11.2. The summed E-state index contributed by atoms with van der Waals surface area (Å²) < 4.78 is 1.84. The number of nitrogens with zero attached hydrogens (tertiary/aromatic N) is 5. The Bertz CT molecular complexity index is 836. The molecule has 21 heavy (non-hydrogen) atoms. The third kappa shape index (κ3) is 2.48. The molecule has 0 aliphatic rings. The summed E-state index contributed by atoms with van der Waals surface area (Å²) >= 11 is 0. The Morgan fingerprint density at radius 3 is 2.62 bits per heavy atom. The number of non-ortho nitro benzene ring substituents is 1. The van der Waals surface area contributed by atoms with Crippen LogP contribution in [0.4, 0.5) is 17.2 Å². The number of aromatic nitrogens is 2. The van der Waals surface area contributed by atoms with E-state index in [0.717, 1.165) is 11.3 Å². The number of nitro benzene ring substituents is 1. The lowest BCUT2D eigenvalue weighted by atomic mass is 10.3. The van der Waals surface area contributed by atoms with Gasteiger partial charge in [0.1, 0.15) is 5.65 Å². The van der Waals surface area contributed by atoms with E-state index in [1.165, 1.54) is 12.1 Å². The molecule has 0 aliphatic carbocycles. The van der Waals surface area contributed by atoms with E-state index in [0.29, 0.717) is 11.5 Å². The van der Waals surface area contributed by atoms with Gasteiger partial charge in [-0.3, -0.25) is 14.5 Å². The highest BCUT2D eigenvalue weighted by Gasteiger charge is 2.07. The highest BCUT2D eigenvalue weighted by atomic mass is 16.6. The second kappa shape index (κ2) is 5.12. The Labute approximate surface area is 119 Å². The fourth-order valence-corrected chi connectivity index (χ4v) is 1.97. The number of hydrogen-bond donors (Lipinski definition) is 0. The molecule has 0 spiro atoms. The summed E-state index contributed by atoms with van der Waals surface area (Å²) in [5.41, 5.74) is 2.14. The molecule has 7 heteroatoms. The third-order valence-corrected chi connectivity index (χ3v) is 2.99. The monoisotopic (exact) mass is 281 g/mol. The van der Waals surface area contributed by atoms with Crippen molar-refractivity contribution in [2.45, 2.75) is 6.92 Å². The topological polar surface area (TPSA) is 85.2 Å². The van der Waals surface area contributed by atoms with E-state index in [1.807, 2.05) is 35.7 Å². The van der Waals surface area contributed by atoms with Crippen molar-refractivity contribution >= 4 is 22.8 Å². The van der Waals surface area contributed by atoms with Crippen molar-refractivity contribution in [2.75, 3.05) is 0 Å². The Balaban J connectivity index is 1.94. The lowest BCUT2D eigenvalue weighted by Gasteiger charge is -1.96. The average molecular weight is 281 g/mol. The largest absolute Gasteiger partial charge is 0.283 e. The van der Waals surface area contributed by atoms with Crippen LogP contribution in [-0.4, -0.2) is 14.3 Å². The number of nitro groups is 1. The van der Waals surface area contributed by atoms with Gasteiger partial charge in [0, 0.05) is 18.3 Å². The molecular formula is C14H11N5O2. The summed E-state index contributed by atoms with van der Waals surface area (Å²) in [6, 6.07) is 11.6. The van der Waals surface area contributed by atoms with Gasteiger partial charge in [0.15, 0.2) is 5.82 Å². The van der Waals surface area contributed by atoms with E-state index in [1.54, 1.807) is 12.1 Å². The smallest absolute Gasteiger partial charge is 0.269 e. The minimum atomic E-state index is -0.449. The number of aryl methyl sites for hydroxylation is 1. The maximum Gasteiger partial charge on any atom is 0.269 e. The molecule has 0 saturated heterocycles. The number of pyridine rings is 1. The molecule has 0 fully saturated rings. The standard InChI is InChI=1S/C14H11N5O2/c1-10-14(18-9-3-2-4-13(18)15-10)17-16-11-5-7-12(8-6-11)19(20)21/h2-9H,1H3. The van der Waals surface area contributed by atoms with Crippen molar-refractivity contribution in [3.05, 3.63) is 64.5 Å². The van der Waals surface area contributed by atoms with Crippen LogP contribution < -0.4 is 0 Å². The molecule has 0 bridgehead atoms. The van der Waals surface area contributed by atoms with Crippen molar-refractivity contribution in [3.63, 3.8) is 0 Å². The minimum Gasteiger partial charge on any atom is -0.283 e. The van der Waals surface area contributed by atoms with Crippen molar-refractivity contribution in [2.24, 2.45) is 10.2 Å². The van der Waals surface area contributed by atoms with Crippen LogP contribution in [0.25, 0.3) is 5.65 Å². The number of benzene rings is 1. The van der Waals surface area contributed by atoms with Gasteiger partial charge in [-0.1, -0.05) is 6.07 Å². The lowest BCUT2D eigenvalue weighted by molar-refractivity contribution is -0.384. The van der Waals surface area contributed by atoms with E-state index in [4.69, 9.17) is 0 Å².